The summed E-state index contributed by atoms with van der Waals surface area (Å²) in [5, 5.41) is 20.8. The average molecular weight is 496 g/mol. The summed E-state index contributed by atoms with van der Waals surface area (Å²) in [6.45, 7) is 1.39. The lowest BCUT2D eigenvalue weighted by Crippen LogP contribution is -2.64. The number of hydroxylamine groups is 1. The number of hydrogen-bond donors (Lipinski definition) is 6. The molecule has 2 aliphatic carbocycles. The third kappa shape index (κ3) is 7.32. The molecule has 5 atom stereocenters. The highest BCUT2D eigenvalue weighted by Crippen LogP contribution is 2.33. The highest BCUT2D eigenvalue weighted by molar-refractivity contribution is 5.79. The topological polar surface area (TPSA) is 159 Å². The lowest BCUT2D eigenvalue weighted by molar-refractivity contribution is -0.527. The van der Waals surface area contributed by atoms with E-state index in [-0.39, 0.29) is 41.2 Å². The van der Waals surface area contributed by atoms with Gasteiger partial charge in [0.15, 0.2) is 0 Å². The van der Waals surface area contributed by atoms with Crippen LogP contribution in [0.2, 0.25) is 0 Å². The minimum absolute atomic E-state index is 0.0184. The van der Waals surface area contributed by atoms with E-state index in [1.54, 1.807) is 0 Å². The Morgan fingerprint density at radius 2 is 1.89 bits per heavy atom. The molecule has 2 aliphatic heterocycles. The van der Waals surface area contributed by atoms with Crippen LogP contribution < -0.4 is 32.3 Å². The van der Waals surface area contributed by atoms with Crippen LogP contribution in [0, 0.1) is 27.9 Å². The van der Waals surface area contributed by atoms with Crippen molar-refractivity contribution in [3.8, 4) is 0 Å². The Morgan fingerprint density at radius 1 is 1.09 bits per heavy atom. The van der Waals surface area contributed by atoms with Crippen molar-refractivity contribution in [2.24, 2.45) is 17.8 Å². The molecule has 0 spiro atoms. The molecule has 198 valence electrons. The zero-order valence-corrected chi connectivity index (χ0v) is 20.4. The van der Waals surface area contributed by atoms with Crippen LogP contribution in [-0.2, 0) is 14.4 Å². The summed E-state index contributed by atoms with van der Waals surface area (Å²) >= 11 is 0. The number of hydrogen-bond acceptors (Lipinski definition) is 9. The smallest absolute Gasteiger partial charge is 0.237 e. The molecule has 0 radical (unpaired) electrons. The summed E-state index contributed by atoms with van der Waals surface area (Å²) in [7, 11) is 0. The van der Waals surface area contributed by atoms with Gasteiger partial charge in [0.25, 0.3) is 0 Å². The van der Waals surface area contributed by atoms with E-state index in [1.807, 2.05) is 0 Å². The number of carbonyl (C=O) groups excluding carboxylic acids is 2. The van der Waals surface area contributed by atoms with Crippen LogP contribution in [0.4, 0.5) is 0 Å². The fourth-order valence-electron chi connectivity index (χ4n) is 5.99. The maximum Gasteiger partial charge on any atom is 0.237 e. The highest BCUT2D eigenvalue weighted by atomic mass is 16.7. The third-order valence-electron chi connectivity index (χ3n) is 8.06. The Morgan fingerprint density at radius 3 is 2.69 bits per heavy atom. The van der Waals surface area contributed by atoms with Gasteiger partial charge in [0.2, 0.25) is 17.9 Å². The second-order valence-electron chi connectivity index (χ2n) is 10.4. The van der Waals surface area contributed by atoms with Gasteiger partial charge in [0, 0.05) is 42.6 Å². The number of fused-ring (bicyclic) bond motifs is 1. The predicted octanol–water partition coefficient (Wildman–Crippen LogP) is 0.632. The number of nitrogens with one attached hydrogen (secondary N) is 6. The van der Waals surface area contributed by atoms with Gasteiger partial charge in [-0.3, -0.25) is 35.3 Å². The monoisotopic (exact) mass is 495 g/mol. The zero-order valence-electron chi connectivity index (χ0n) is 20.4. The molecule has 4 aliphatic rings. The minimum Gasteiger partial charge on any atom is -0.356 e. The van der Waals surface area contributed by atoms with E-state index in [9.17, 15) is 19.7 Å². The molecule has 2 saturated carbocycles. The lowest BCUT2D eigenvalue weighted by Gasteiger charge is -2.41. The zero-order chi connectivity index (χ0) is 24.6. The van der Waals surface area contributed by atoms with Gasteiger partial charge in [-0.2, -0.15) is 5.48 Å². The quantitative estimate of drug-likeness (QED) is 0.137. The molecule has 12 nitrogen and oxygen atoms in total. The van der Waals surface area contributed by atoms with Crippen molar-refractivity contribution < 1.29 is 19.3 Å². The first-order chi connectivity index (χ1) is 17.0. The van der Waals surface area contributed by atoms with Gasteiger partial charge in [-0.1, -0.05) is 12.8 Å². The number of nitro groups is 1. The average Bonchev–Trinajstić information content (AvgIpc) is 3.34. The van der Waals surface area contributed by atoms with Gasteiger partial charge in [-0.05, 0) is 57.4 Å². The van der Waals surface area contributed by atoms with Gasteiger partial charge >= 0.3 is 0 Å². The van der Waals surface area contributed by atoms with Gasteiger partial charge in [0.1, 0.15) is 6.23 Å². The first kappa shape index (κ1) is 26.2. The number of nitrogens with zero attached hydrogens (tertiary/aromatic N) is 1. The molecule has 2 heterocycles. The molecule has 5 unspecified atom stereocenters. The van der Waals surface area contributed by atoms with Crippen molar-refractivity contribution in [3.05, 3.63) is 10.1 Å². The van der Waals surface area contributed by atoms with E-state index in [1.165, 1.54) is 6.42 Å². The van der Waals surface area contributed by atoms with Crippen LogP contribution >= 0.6 is 0 Å². The number of hydrazine groups is 1. The van der Waals surface area contributed by atoms with Crippen molar-refractivity contribution in [2.45, 2.75) is 102 Å². The summed E-state index contributed by atoms with van der Waals surface area (Å²) in [5.41, 5.74) is 8.94. The Bertz CT molecular complexity index is 733. The fourth-order valence-corrected chi connectivity index (χ4v) is 5.99. The second kappa shape index (κ2) is 12.9. The fraction of sp³-hybridized carbons (Fsp3) is 0.913. The summed E-state index contributed by atoms with van der Waals surface area (Å²) < 4.78 is 0. The van der Waals surface area contributed by atoms with Gasteiger partial charge in [-0.25, -0.2) is 5.43 Å². The SMILES string of the molecule is O=C(CCCC1NC(C2CCC([N+](=O)[O-])CC2)NO1)NCCCNC1NNC(=O)C2CCCCC12. The normalized spacial score (nSPS) is 35.2. The number of amides is 2. The van der Waals surface area contributed by atoms with Crippen LogP contribution in [0.5, 0.6) is 0 Å². The molecular formula is C23H41N7O5. The van der Waals surface area contributed by atoms with Crippen LogP contribution in [0.1, 0.15) is 77.0 Å². The largest absolute Gasteiger partial charge is 0.356 e. The Balaban J connectivity index is 1.02. The molecule has 35 heavy (non-hydrogen) atoms. The molecule has 2 amide bonds. The van der Waals surface area contributed by atoms with E-state index < -0.39 is 6.04 Å². The second-order valence-corrected chi connectivity index (χ2v) is 10.4. The van der Waals surface area contributed by atoms with Crippen LogP contribution in [0.15, 0.2) is 0 Å². The van der Waals surface area contributed by atoms with Crippen LogP contribution in [-0.4, -0.2) is 54.4 Å². The Kier molecular flexibility index (Phi) is 9.67. The van der Waals surface area contributed by atoms with Gasteiger partial charge in [-0.15, -0.1) is 0 Å². The van der Waals surface area contributed by atoms with Crippen molar-refractivity contribution in [3.63, 3.8) is 0 Å². The Hall–Kier alpha value is -1.86. The molecule has 2 saturated heterocycles. The molecule has 4 fully saturated rings. The molecule has 6 N–H and O–H groups in total. The number of rotatable bonds is 11. The van der Waals surface area contributed by atoms with Crippen molar-refractivity contribution in [2.75, 3.05) is 13.1 Å². The summed E-state index contributed by atoms with van der Waals surface area (Å²) in [5.74, 6) is 0.931. The summed E-state index contributed by atoms with van der Waals surface area (Å²) in [6, 6.07) is -0.408. The molecule has 0 bridgehead atoms. The van der Waals surface area contributed by atoms with E-state index in [0.717, 1.165) is 57.9 Å². The number of carbonyl (C=O) groups is 2. The molecule has 4 rings (SSSR count). The highest BCUT2D eigenvalue weighted by Gasteiger charge is 2.39. The predicted molar refractivity (Wildman–Crippen MR) is 128 cm³/mol. The lowest BCUT2D eigenvalue weighted by atomic mass is 9.76. The first-order valence-corrected chi connectivity index (χ1v) is 13.4. The van der Waals surface area contributed by atoms with Crippen molar-refractivity contribution in [1.29, 1.82) is 0 Å². The van der Waals surface area contributed by atoms with Gasteiger partial charge < -0.3 is 10.6 Å². The van der Waals surface area contributed by atoms with Crippen molar-refractivity contribution >= 4 is 11.8 Å². The third-order valence-corrected chi connectivity index (χ3v) is 8.06. The van der Waals surface area contributed by atoms with Crippen LogP contribution in [0.3, 0.4) is 0 Å². The molecular weight excluding hydrogens is 454 g/mol. The summed E-state index contributed by atoms with van der Waals surface area (Å²) in [4.78, 5) is 40.6. The van der Waals surface area contributed by atoms with E-state index >= 15 is 0 Å². The first-order valence-electron chi connectivity index (χ1n) is 13.4. The van der Waals surface area contributed by atoms with E-state index in [2.05, 4.69) is 32.3 Å². The Labute approximate surface area is 206 Å². The van der Waals surface area contributed by atoms with Gasteiger partial charge in [0.05, 0.1) is 12.3 Å². The van der Waals surface area contributed by atoms with E-state index in [4.69, 9.17) is 4.84 Å². The minimum atomic E-state index is -0.408. The maximum atomic E-state index is 12.2. The standard InChI is InChI=1S/C23H41N7O5/c31-19(24-13-4-14-25-22-17-5-1-2-6-18(17)23(32)28-27-22)7-3-8-20-26-21(29-35-20)15-9-11-16(12-10-15)30(33)34/h15-18,20-22,25-27,29H,1-14H2,(H,24,31)(H,28,32). The summed E-state index contributed by atoms with van der Waals surface area (Å²) in [6.07, 6.45) is 9.90. The maximum absolute atomic E-state index is 12.2. The molecule has 12 heteroatoms. The molecule has 0 aromatic carbocycles. The molecule has 0 aromatic heterocycles. The van der Waals surface area contributed by atoms with E-state index in [0.29, 0.717) is 37.6 Å². The van der Waals surface area contributed by atoms with Crippen LogP contribution in [0.25, 0.3) is 0 Å². The van der Waals surface area contributed by atoms with Crippen molar-refractivity contribution in [1.82, 2.24) is 32.3 Å². The molecule has 0 aromatic rings.